The minimum Gasteiger partial charge on any atom is -0.488 e. The van der Waals surface area contributed by atoms with E-state index in [4.69, 9.17) is 9.47 Å². The SMILES string of the molecule is CCCOC(=O)C(CC)n1cccc(OCC)c1=O. The molecule has 0 aliphatic rings. The number of pyridine rings is 1. The minimum absolute atomic E-state index is 0.256. The van der Waals surface area contributed by atoms with Gasteiger partial charge in [-0.1, -0.05) is 13.8 Å². The van der Waals surface area contributed by atoms with Crippen LogP contribution in [0.4, 0.5) is 0 Å². The molecular formula is C14H21NO4. The van der Waals surface area contributed by atoms with Crippen molar-refractivity contribution in [2.45, 2.75) is 39.7 Å². The number of rotatable bonds is 7. The second kappa shape index (κ2) is 7.61. The number of hydrogen-bond donors (Lipinski definition) is 0. The fourth-order valence-corrected chi connectivity index (χ4v) is 1.78. The van der Waals surface area contributed by atoms with Gasteiger partial charge in [0.25, 0.3) is 5.56 Å². The topological polar surface area (TPSA) is 57.5 Å². The molecule has 0 radical (unpaired) electrons. The number of hydrogen-bond acceptors (Lipinski definition) is 4. The Labute approximate surface area is 113 Å². The molecule has 0 fully saturated rings. The van der Waals surface area contributed by atoms with Gasteiger partial charge in [0.15, 0.2) is 5.75 Å². The summed E-state index contributed by atoms with van der Waals surface area (Å²) in [5.74, 6) is -0.119. The van der Waals surface area contributed by atoms with Crippen molar-refractivity contribution in [2.24, 2.45) is 0 Å². The van der Waals surface area contributed by atoms with Gasteiger partial charge in [0, 0.05) is 6.20 Å². The highest BCUT2D eigenvalue weighted by Crippen LogP contribution is 2.13. The van der Waals surface area contributed by atoms with Gasteiger partial charge >= 0.3 is 5.97 Å². The first kappa shape index (κ1) is 15.3. The summed E-state index contributed by atoms with van der Waals surface area (Å²) >= 11 is 0. The highest BCUT2D eigenvalue weighted by atomic mass is 16.5. The zero-order valence-corrected chi connectivity index (χ0v) is 11.7. The number of ether oxygens (including phenoxy) is 2. The predicted octanol–water partition coefficient (Wildman–Crippen LogP) is 2.15. The Balaban J connectivity index is 3.01. The summed E-state index contributed by atoms with van der Waals surface area (Å²) in [5, 5.41) is 0. The zero-order chi connectivity index (χ0) is 14.3. The van der Waals surface area contributed by atoms with E-state index in [1.165, 1.54) is 4.57 Å². The van der Waals surface area contributed by atoms with Crippen molar-refractivity contribution < 1.29 is 14.3 Å². The van der Waals surface area contributed by atoms with Crippen LogP contribution in [0.25, 0.3) is 0 Å². The molecule has 1 aromatic heterocycles. The second-order valence-electron chi connectivity index (χ2n) is 4.11. The molecule has 0 aliphatic carbocycles. The quantitative estimate of drug-likeness (QED) is 0.710. The molecule has 0 saturated carbocycles. The van der Waals surface area contributed by atoms with Gasteiger partial charge in [-0.25, -0.2) is 4.79 Å². The standard InChI is InChI=1S/C14H21NO4/c1-4-10-19-14(17)11(5-2)15-9-7-8-12(13(15)16)18-6-3/h7-9,11H,4-6,10H2,1-3H3. The van der Waals surface area contributed by atoms with Gasteiger partial charge < -0.3 is 9.47 Å². The van der Waals surface area contributed by atoms with E-state index < -0.39 is 6.04 Å². The zero-order valence-electron chi connectivity index (χ0n) is 11.7. The van der Waals surface area contributed by atoms with Gasteiger partial charge in [0.05, 0.1) is 13.2 Å². The molecule has 19 heavy (non-hydrogen) atoms. The van der Waals surface area contributed by atoms with Gasteiger partial charge in [-0.05, 0) is 31.9 Å². The molecule has 0 aromatic carbocycles. The molecule has 1 heterocycles. The number of aromatic nitrogens is 1. The molecule has 1 atom stereocenters. The molecule has 0 spiro atoms. The van der Waals surface area contributed by atoms with E-state index in [-0.39, 0.29) is 17.3 Å². The van der Waals surface area contributed by atoms with Crippen molar-refractivity contribution in [1.29, 1.82) is 0 Å². The molecule has 0 aliphatic heterocycles. The van der Waals surface area contributed by atoms with Crippen LogP contribution in [-0.2, 0) is 9.53 Å². The molecule has 0 bridgehead atoms. The summed E-state index contributed by atoms with van der Waals surface area (Å²) in [5.41, 5.74) is -0.301. The third-order valence-corrected chi connectivity index (χ3v) is 2.68. The van der Waals surface area contributed by atoms with Crippen molar-refractivity contribution in [2.75, 3.05) is 13.2 Å². The third-order valence-electron chi connectivity index (χ3n) is 2.68. The number of carbonyl (C=O) groups is 1. The van der Waals surface area contributed by atoms with Crippen molar-refractivity contribution in [3.8, 4) is 5.75 Å². The lowest BCUT2D eigenvalue weighted by molar-refractivity contribution is -0.147. The fourth-order valence-electron chi connectivity index (χ4n) is 1.78. The first-order chi connectivity index (χ1) is 9.15. The maximum absolute atomic E-state index is 12.2. The molecule has 5 nitrogen and oxygen atoms in total. The lowest BCUT2D eigenvalue weighted by Gasteiger charge is -2.17. The molecule has 0 amide bonds. The average molecular weight is 267 g/mol. The Kier molecular flexibility index (Phi) is 6.12. The Morgan fingerprint density at radius 1 is 1.37 bits per heavy atom. The van der Waals surface area contributed by atoms with E-state index in [2.05, 4.69) is 0 Å². The first-order valence-electron chi connectivity index (χ1n) is 6.66. The lowest BCUT2D eigenvalue weighted by Crippen LogP contribution is -2.31. The average Bonchev–Trinajstić information content (AvgIpc) is 2.41. The molecule has 1 rings (SSSR count). The summed E-state index contributed by atoms with van der Waals surface area (Å²) in [4.78, 5) is 24.1. The fraction of sp³-hybridized carbons (Fsp3) is 0.571. The molecule has 106 valence electrons. The summed E-state index contributed by atoms with van der Waals surface area (Å²) in [7, 11) is 0. The van der Waals surface area contributed by atoms with Crippen LogP contribution in [-0.4, -0.2) is 23.8 Å². The van der Waals surface area contributed by atoms with E-state index in [0.29, 0.717) is 19.6 Å². The van der Waals surface area contributed by atoms with E-state index in [0.717, 1.165) is 6.42 Å². The second-order valence-corrected chi connectivity index (χ2v) is 4.11. The maximum Gasteiger partial charge on any atom is 0.329 e. The summed E-state index contributed by atoms with van der Waals surface area (Å²) < 4.78 is 11.7. The number of esters is 1. The van der Waals surface area contributed by atoms with E-state index >= 15 is 0 Å². The van der Waals surface area contributed by atoms with Crippen LogP contribution in [0.1, 0.15) is 39.7 Å². The van der Waals surface area contributed by atoms with E-state index in [1.807, 2.05) is 20.8 Å². The third kappa shape index (κ3) is 3.84. The van der Waals surface area contributed by atoms with Crippen molar-refractivity contribution >= 4 is 5.97 Å². The van der Waals surface area contributed by atoms with Crippen LogP contribution in [0.3, 0.4) is 0 Å². The highest BCUT2D eigenvalue weighted by Gasteiger charge is 2.21. The van der Waals surface area contributed by atoms with Gasteiger partial charge in [-0.3, -0.25) is 9.36 Å². The van der Waals surface area contributed by atoms with Gasteiger partial charge in [0.1, 0.15) is 6.04 Å². The van der Waals surface area contributed by atoms with Gasteiger partial charge in [-0.2, -0.15) is 0 Å². The largest absolute Gasteiger partial charge is 0.488 e. The number of carbonyl (C=O) groups excluding carboxylic acids is 1. The normalized spacial score (nSPS) is 11.9. The van der Waals surface area contributed by atoms with Crippen LogP contribution in [0, 0.1) is 0 Å². The summed E-state index contributed by atoms with van der Waals surface area (Å²) in [6, 6.07) is 2.70. The Morgan fingerprint density at radius 3 is 2.68 bits per heavy atom. The Hall–Kier alpha value is -1.78. The van der Waals surface area contributed by atoms with Crippen molar-refractivity contribution in [3.63, 3.8) is 0 Å². The summed E-state index contributed by atoms with van der Waals surface area (Å²) in [6.07, 6.45) is 2.85. The lowest BCUT2D eigenvalue weighted by atomic mass is 10.2. The Bertz CT molecular complexity index is 467. The monoisotopic (exact) mass is 267 g/mol. The minimum atomic E-state index is -0.598. The van der Waals surface area contributed by atoms with Gasteiger partial charge in [0.2, 0.25) is 0 Å². The van der Waals surface area contributed by atoms with Crippen LogP contribution in [0.15, 0.2) is 23.1 Å². The van der Waals surface area contributed by atoms with Crippen LogP contribution >= 0.6 is 0 Å². The molecule has 0 saturated heterocycles. The van der Waals surface area contributed by atoms with Crippen LogP contribution in [0.2, 0.25) is 0 Å². The molecule has 1 unspecified atom stereocenters. The highest BCUT2D eigenvalue weighted by molar-refractivity contribution is 5.74. The summed E-state index contributed by atoms with van der Waals surface area (Å²) in [6.45, 7) is 6.36. The molecule has 5 heteroatoms. The molecule has 0 N–H and O–H groups in total. The van der Waals surface area contributed by atoms with Gasteiger partial charge in [-0.15, -0.1) is 0 Å². The van der Waals surface area contributed by atoms with Crippen LogP contribution < -0.4 is 10.3 Å². The first-order valence-corrected chi connectivity index (χ1v) is 6.66. The Morgan fingerprint density at radius 2 is 2.11 bits per heavy atom. The predicted molar refractivity (Wildman–Crippen MR) is 72.4 cm³/mol. The molecule has 1 aromatic rings. The number of nitrogens with zero attached hydrogens (tertiary/aromatic N) is 1. The smallest absolute Gasteiger partial charge is 0.329 e. The van der Waals surface area contributed by atoms with E-state index in [9.17, 15) is 9.59 Å². The van der Waals surface area contributed by atoms with Crippen molar-refractivity contribution in [3.05, 3.63) is 28.7 Å². The van der Waals surface area contributed by atoms with Crippen LogP contribution in [0.5, 0.6) is 5.75 Å². The van der Waals surface area contributed by atoms with E-state index in [1.54, 1.807) is 18.3 Å². The van der Waals surface area contributed by atoms with Crippen molar-refractivity contribution in [1.82, 2.24) is 4.57 Å². The maximum atomic E-state index is 12.2. The molecular weight excluding hydrogens is 246 g/mol.